The van der Waals surface area contributed by atoms with E-state index < -0.39 is 11.9 Å². The van der Waals surface area contributed by atoms with Crippen molar-refractivity contribution in [2.75, 3.05) is 33.4 Å². The lowest BCUT2D eigenvalue weighted by molar-refractivity contribution is -0.0867. The molecule has 1 heterocycles. The van der Waals surface area contributed by atoms with E-state index in [2.05, 4.69) is 11.8 Å². The van der Waals surface area contributed by atoms with E-state index in [1.54, 1.807) is 12.1 Å². The van der Waals surface area contributed by atoms with E-state index >= 15 is 0 Å². The number of hydrogen-bond donors (Lipinski definition) is 1. The Balaban J connectivity index is 1.96. The van der Waals surface area contributed by atoms with E-state index in [0.717, 1.165) is 25.2 Å². The van der Waals surface area contributed by atoms with Gasteiger partial charge in [-0.1, -0.05) is 13.0 Å². The van der Waals surface area contributed by atoms with Crippen molar-refractivity contribution in [2.24, 2.45) is 0 Å². The highest BCUT2D eigenvalue weighted by atomic mass is 19.1. The molecule has 1 aromatic rings. The van der Waals surface area contributed by atoms with E-state index in [0.29, 0.717) is 13.0 Å². The molecular weight excluding hydrogens is 261 g/mol. The minimum Gasteiger partial charge on any atom is -0.494 e. The van der Waals surface area contributed by atoms with Gasteiger partial charge < -0.3 is 14.6 Å². The molecule has 2 atom stereocenters. The van der Waals surface area contributed by atoms with Crippen LogP contribution in [0.5, 0.6) is 5.75 Å². The lowest BCUT2D eigenvalue weighted by Gasteiger charge is -2.34. The van der Waals surface area contributed by atoms with Gasteiger partial charge in [-0.05, 0) is 24.2 Å². The van der Waals surface area contributed by atoms with Gasteiger partial charge in [-0.2, -0.15) is 0 Å². The highest BCUT2D eigenvalue weighted by Crippen LogP contribution is 2.20. The zero-order valence-corrected chi connectivity index (χ0v) is 12.0. The quantitative estimate of drug-likeness (QED) is 0.888. The molecule has 1 saturated heterocycles. The zero-order chi connectivity index (χ0) is 14.5. The average molecular weight is 283 g/mol. The second-order valence-corrected chi connectivity index (χ2v) is 5.04. The highest BCUT2D eigenvalue weighted by Gasteiger charge is 2.26. The standard InChI is InChI=1S/C15H22FNO3/c1-3-17-6-7-20-15(10-17)13(18)9-11-4-5-14(19-2)12(16)8-11/h4-5,8,13,15,18H,3,6-7,9-10H2,1-2H3. The maximum atomic E-state index is 13.6. The van der Waals surface area contributed by atoms with Crippen LogP contribution in [0, 0.1) is 5.82 Å². The zero-order valence-electron chi connectivity index (χ0n) is 12.0. The number of morpholine rings is 1. The fourth-order valence-corrected chi connectivity index (χ4v) is 2.46. The molecule has 1 aromatic carbocycles. The van der Waals surface area contributed by atoms with Crippen LogP contribution < -0.4 is 4.74 Å². The molecule has 0 spiro atoms. The number of likely N-dealkylation sites (N-methyl/N-ethyl adjacent to an activating group) is 1. The van der Waals surface area contributed by atoms with Crippen LogP contribution in [0.1, 0.15) is 12.5 Å². The van der Waals surface area contributed by atoms with Gasteiger partial charge in [-0.3, -0.25) is 4.90 Å². The Morgan fingerprint density at radius 2 is 2.35 bits per heavy atom. The molecule has 4 nitrogen and oxygen atoms in total. The van der Waals surface area contributed by atoms with E-state index in [-0.39, 0.29) is 11.9 Å². The third-order valence-corrected chi connectivity index (χ3v) is 3.72. The molecule has 1 fully saturated rings. The van der Waals surface area contributed by atoms with Crippen molar-refractivity contribution in [3.8, 4) is 5.75 Å². The summed E-state index contributed by atoms with van der Waals surface area (Å²) in [5, 5.41) is 10.3. The van der Waals surface area contributed by atoms with E-state index in [1.165, 1.54) is 13.2 Å². The number of aliphatic hydroxyl groups excluding tert-OH is 1. The number of methoxy groups -OCH3 is 1. The first-order chi connectivity index (χ1) is 9.63. The number of halogens is 1. The van der Waals surface area contributed by atoms with Crippen LogP contribution in [-0.2, 0) is 11.2 Å². The van der Waals surface area contributed by atoms with E-state index in [1.807, 2.05) is 0 Å². The summed E-state index contributed by atoms with van der Waals surface area (Å²) in [7, 11) is 1.43. The lowest BCUT2D eigenvalue weighted by atomic mass is 10.0. The molecule has 2 rings (SSSR count). The van der Waals surface area contributed by atoms with Crippen LogP contribution >= 0.6 is 0 Å². The lowest BCUT2D eigenvalue weighted by Crippen LogP contribution is -2.48. The van der Waals surface area contributed by atoms with Gasteiger partial charge in [0.05, 0.1) is 25.9 Å². The minimum atomic E-state index is -0.628. The number of benzene rings is 1. The molecule has 0 amide bonds. The largest absolute Gasteiger partial charge is 0.494 e. The SMILES string of the molecule is CCN1CCOC(C(O)Cc2ccc(OC)c(F)c2)C1. The van der Waals surface area contributed by atoms with Crippen molar-refractivity contribution < 1.29 is 19.0 Å². The Hall–Kier alpha value is -1.17. The maximum Gasteiger partial charge on any atom is 0.165 e. The van der Waals surface area contributed by atoms with E-state index in [9.17, 15) is 9.50 Å². The Labute approximate surface area is 119 Å². The van der Waals surface area contributed by atoms with Gasteiger partial charge in [0, 0.05) is 19.5 Å². The van der Waals surface area contributed by atoms with Crippen LogP contribution in [0.25, 0.3) is 0 Å². The molecule has 1 N–H and O–H groups in total. The normalized spacial score (nSPS) is 21.7. The van der Waals surface area contributed by atoms with Gasteiger partial charge in [0.2, 0.25) is 0 Å². The van der Waals surface area contributed by atoms with Crippen molar-refractivity contribution in [1.29, 1.82) is 0 Å². The molecule has 0 bridgehead atoms. The predicted octanol–water partition coefficient (Wildman–Crippen LogP) is 1.46. The summed E-state index contributed by atoms with van der Waals surface area (Å²) in [6.07, 6.45) is -0.464. The third kappa shape index (κ3) is 3.69. The average Bonchev–Trinajstić information content (AvgIpc) is 2.47. The molecule has 0 saturated carbocycles. The van der Waals surface area contributed by atoms with Gasteiger partial charge in [-0.15, -0.1) is 0 Å². The van der Waals surface area contributed by atoms with Crippen molar-refractivity contribution in [2.45, 2.75) is 25.6 Å². The fourth-order valence-electron chi connectivity index (χ4n) is 2.46. The Kier molecular flexibility index (Phi) is 5.34. The van der Waals surface area contributed by atoms with Crippen LogP contribution in [-0.4, -0.2) is 55.6 Å². The minimum absolute atomic E-state index is 0.214. The summed E-state index contributed by atoms with van der Waals surface area (Å²) < 4.78 is 24.1. The second kappa shape index (κ2) is 7.02. The third-order valence-electron chi connectivity index (χ3n) is 3.72. The van der Waals surface area contributed by atoms with Crippen LogP contribution in [0.3, 0.4) is 0 Å². The summed E-state index contributed by atoms with van der Waals surface area (Å²) in [6, 6.07) is 4.76. The smallest absolute Gasteiger partial charge is 0.165 e. The number of aliphatic hydroxyl groups is 1. The first-order valence-corrected chi connectivity index (χ1v) is 6.98. The van der Waals surface area contributed by atoms with Gasteiger partial charge >= 0.3 is 0 Å². The summed E-state index contributed by atoms with van der Waals surface area (Å²) >= 11 is 0. The molecular formula is C15H22FNO3. The predicted molar refractivity (Wildman–Crippen MR) is 74.5 cm³/mol. The van der Waals surface area contributed by atoms with Crippen LogP contribution in [0.4, 0.5) is 4.39 Å². The summed E-state index contributed by atoms with van der Waals surface area (Å²) in [5.74, 6) is -0.189. The molecule has 0 radical (unpaired) electrons. The van der Waals surface area contributed by atoms with Crippen molar-refractivity contribution in [3.05, 3.63) is 29.6 Å². The molecule has 20 heavy (non-hydrogen) atoms. The summed E-state index contributed by atoms with van der Waals surface area (Å²) in [6.45, 7) is 5.29. The Morgan fingerprint density at radius 1 is 1.55 bits per heavy atom. The van der Waals surface area contributed by atoms with Gasteiger partial charge in [-0.25, -0.2) is 4.39 Å². The summed E-state index contributed by atoms with van der Waals surface area (Å²) in [5.41, 5.74) is 0.744. The van der Waals surface area contributed by atoms with Crippen LogP contribution in [0.2, 0.25) is 0 Å². The van der Waals surface area contributed by atoms with Gasteiger partial charge in [0.1, 0.15) is 0 Å². The molecule has 2 unspecified atom stereocenters. The molecule has 5 heteroatoms. The molecule has 1 aliphatic rings. The van der Waals surface area contributed by atoms with Crippen LogP contribution in [0.15, 0.2) is 18.2 Å². The van der Waals surface area contributed by atoms with E-state index in [4.69, 9.17) is 9.47 Å². The molecule has 0 aromatic heterocycles. The molecule has 112 valence electrons. The monoisotopic (exact) mass is 283 g/mol. The Morgan fingerprint density at radius 3 is 3.00 bits per heavy atom. The van der Waals surface area contributed by atoms with Crippen molar-refractivity contribution in [3.63, 3.8) is 0 Å². The van der Waals surface area contributed by atoms with Crippen molar-refractivity contribution in [1.82, 2.24) is 4.90 Å². The first kappa shape index (κ1) is 15.2. The number of rotatable bonds is 5. The highest BCUT2D eigenvalue weighted by molar-refractivity contribution is 5.29. The molecule has 0 aliphatic carbocycles. The summed E-state index contributed by atoms with van der Waals surface area (Å²) in [4.78, 5) is 2.24. The van der Waals surface area contributed by atoms with Crippen molar-refractivity contribution >= 4 is 0 Å². The molecule has 1 aliphatic heterocycles. The number of hydrogen-bond acceptors (Lipinski definition) is 4. The first-order valence-electron chi connectivity index (χ1n) is 6.98. The second-order valence-electron chi connectivity index (χ2n) is 5.04. The van der Waals surface area contributed by atoms with Gasteiger partial charge in [0.15, 0.2) is 11.6 Å². The number of nitrogens with zero attached hydrogens (tertiary/aromatic N) is 1. The Bertz CT molecular complexity index is 441. The fraction of sp³-hybridized carbons (Fsp3) is 0.600. The maximum absolute atomic E-state index is 13.6. The topological polar surface area (TPSA) is 41.9 Å². The number of ether oxygens (including phenoxy) is 2. The van der Waals surface area contributed by atoms with Gasteiger partial charge in [0.25, 0.3) is 0 Å².